The minimum Gasteiger partial charge on any atom is -0.460 e. The maximum atomic E-state index is 12.3. The van der Waals surface area contributed by atoms with Crippen LogP contribution in [0.5, 0.6) is 0 Å². The molecule has 2 aliphatic heterocycles. The molecule has 206 valence electrons. The fraction of sp³-hybridized carbons (Fsp3) is 0.517. The predicted octanol–water partition coefficient (Wildman–Crippen LogP) is 3.66. The molecule has 9 heteroatoms. The van der Waals surface area contributed by atoms with Crippen LogP contribution in [0.3, 0.4) is 0 Å². The summed E-state index contributed by atoms with van der Waals surface area (Å²) in [6.45, 7) is 7.47. The summed E-state index contributed by atoms with van der Waals surface area (Å²) in [6.07, 6.45) is -3.16. The van der Waals surface area contributed by atoms with Gasteiger partial charge in [-0.05, 0) is 26.3 Å². The first kappa shape index (κ1) is 28.2. The predicted molar refractivity (Wildman–Crippen MR) is 138 cm³/mol. The highest BCUT2D eigenvalue weighted by molar-refractivity contribution is 5.73. The Balaban J connectivity index is 1.53. The molecule has 2 aliphatic rings. The lowest BCUT2D eigenvalue weighted by atomic mass is 9.95. The zero-order valence-corrected chi connectivity index (χ0v) is 22.3. The minimum absolute atomic E-state index is 0.0486. The molecule has 0 saturated carbocycles. The van der Waals surface area contributed by atoms with E-state index in [9.17, 15) is 9.59 Å². The second-order valence-electron chi connectivity index (χ2n) is 10.4. The van der Waals surface area contributed by atoms with Gasteiger partial charge in [0.2, 0.25) is 5.91 Å². The number of hydrogen-bond donors (Lipinski definition) is 1. The van der Waals surface area contributed by atoms with Gasteiger partial charge in [-0.15, -0.1) is 0 Å². The number of rotatable bonds is 9. The molecule has 2 aromatic rings. The van der Waals surface area contributed by atoms with Crippen molar-refractivity contribution >= 4 is 11.9 Å². The van der Waals surface area contributed by atoms with Crippen molar-refractivity contribution < 1.29 is 38.0 Å². The minimum atomic E-state index is -0.827. The summed E-state index contributed by atoms with van der Waals surface area (Å²) < 4.78 is 36.4. The molecule has 0 radical (unpaired) electrons. The molecule has 2 fully saturated rings. The van der Waals surface area contributed by atoms with E-state index in [0.717, 1.165) is 11.1 Å². The fourth-order valence-corrected chi connectivity index (χ4v) is 4.50. The van der Waals surface area contributed by atoms with E-state index in [2.05, 4.69) is 5.32 Å². The van der Waals surface area contributed by atoms with Crippen LogP contribution in [-0.4, -0.2) is 61.3 Å². The molecule has 0 unspecified atom stereocenters. The maximum Gasteiger partial charge on any atom is 0.308 e. The van der Waals surface area contributed by atoms with Crippen LogP contribution in [0.15, 0.2) is 60.7 Å². The molecule has 4 rings (SSSR count). The van der Waals surface area contributed by atoms with Gasteiger partial charge in [-0.25, -0.2) is 0 Å². The number of ether oxygens (including phenoxy) is 6. The largest absolute Gasteiger partial charge is 0.460 e. The van der Waals surface area contributed by atoms with Gasteiger partial charge in [0.15, 0.2) is 12.6 Å². The summed E-state index contributed by atoms with van der Waals surface area (Å²) in [5.74, 6) is -0.637. The molecule has 1 amide bonds. The van der Waals surface area contributed by atoms with Gasteiger partial charge in [-0.3, -0.25) is 9.59 Å². The number of nitrogens with one attached hydrogen (secondary N) is 1. The molecule has 0 spiro atoms. The van der Waals surface area contributed by atoms with E-state index in [-0.39, 0.29) is 38.1 Å². The molecule has 1 N–H and O–H groups in total. The lowest BCUT2D eigenvalue weighted by Gasteiger charge is -2.49. The number of amides is 1. The van der Waals surface area contributed by atoms with Gasteiger partial charge < -0.3 is 33.7 Å². The van der Waals surface area contributed by atoms with Gasteiger partial charge in [0.05, 0.1) is 26.2 Å². The molecular weight excluding hydrogens is 490 g/mol. The summed E-state index contributed by atoms with van der Waals surface area (Å²) in [4.78, 5) is 24.6. The topological polar surface area (TPSA) is 102 Å². The van der Waals surface area contributed by atoms with E-state index in [0.29, 0.717) is 0 Å². The van der Waals surface area contributed by atoms with Crippen molar-refractivity contribution in [2.75, 3.05) is 13.2 Å². The Hall–Kier alpha value is -2.82. The average molecular weight is 528 g/mol. The molecule has 2 saturated heterocycles. The van der Waals surface area contributed by atoms with Gasteiger partial charge in [-0.1, -0.05) is 60.7 Å². The van der Waals surface area contributed by atoms with Gasteiger partial charge in [0.25, 0.3) is 0 Å². The highest BCUT2D eigenvalue weighted by atomic mass is 16.7. The van der Waals surface area contributed by atoms with Crippen molar-refractivity contribution in [3.05, 3.63) is 71.8 Å². The number of benzene rings is 2. The van der Waals surface area contributed by atoms with Crippen LogP contribution in [0.4, 0.5) is 0 Å². The third-order valence-corrected chi connectivity index (χ3v) is 6.07. The molecule has 2 aromatic carbocycles. The summed E-state index contributed by atoms with van der Waals surface area (Å²) in [5.41, 5.74) is 1.22. The smallest absolute Gasteiger partial charge is 0.308 e. The Morgan fingerprint density at radius 1 is 0.974 bits per heavy atom. The van der Waals surface area contributed by atoms with Crippen LogP contribution in [0.25, 0.3) is 0 Å². The standard InChI is InChI=1S/C29H37NO8/c1-19(31)30-24-26(33-16-15-23(32)38-29(2,3)4)25-22(18-35-27(37-25)21-13-9-6-10-14-21)36-28(24)34-17-20-11-7-5-8-12-20/h5-14,22,24-28H,15-18H2,1-4H3,(H,30,31)/t22-,24-,25+,26+,27+,28+/m0/s1. The highest BCUT2D eigenvalue weighted by Crippen LogP contribution is 2.36. The molecule has 6 atom stereocenters. The lowest BCUT2D eigenvalue weighted by molar-refractivity contribution is -0.349. The van der Waals surface area contributed by atoms with Crippen LogP contribution in [0, 0.1) is 0 Å². The monoisotopic (exact) mass is 527 g/mol. The Labute approximate surface area is 223 Å². The van der Waals surface area contributed by atoms with Gasteiger partial charge in [0.1, 0.15) is 30.0 Å². The van der Waals surface area contributed by atoms with Crippen molar-refractivity contribution in [3.63, 3.8) is 0 Å². The van der Waals surface area contributed by atoms with Crippen LogP contribution in [-0.2, 0) is 44.6 Å². The van der Waals surface area contributed by atoms with E-state index in [4.69, 9.17) is 28.4 Å². The third-order valence-electron chi connectivity index (χ3n) is 6.07. The number of carbonyl (C=O) groups is 2. The van der Waals surface area contributed by atoms with Crippen LogP contribution >= 0.6 is 0 Å². The fourth-order valence-electron chi connectivity index (χ4n) is 4.50. The number of esters is 1. The van der Waals surface area contributed by atoms with Crippen LogP contribution in [0.2, 0.25) is 0 Å². The normalized spacial score (nSPS) is 27.3. The molecule has 9 nitrogen and oxygen atoms in total. The van der Waals surface area contributed by atoms with Gasteiger partial charge in [-0.2, -0.15) is 0 Å². The van der Waals surface area contributed by atoms with Gasteiger partial charge in [0, 0.05) is 12.5 Å². The summed E-state index contributed by atoms with van der Waals surface area (Å²) in [6, 6.07) is 18.6. The van der Waals surface area contributed by atoms with Crippen molar-refractivity contribution in [1.29, 1.82) is 0 Å². The molecule has 0 bridgehead atoms. The molecule has 38 heavy (non-hydrogen) atoms. The second-order valence-corrected chi connectivity index (χ2v) is 10.4. The Morgan fingerprint density at radius 3 is 2.32 bits per heavy atom. The number of fused-ring (bicyclic) bond motifs is 1. The SMILES string of the molecule is CC(=O)N[C@@H]1[C@H](OCc2ccccc2)O[C@H]2CO[C@@H](c3ccccc3)O[C@H]2[C@@H]1OCCC(=O)OC(C)(C)C. The van der Waals surface area contributed by atoms with E-state index in [1.165, 1.54) is 6.92 Å². The van der Waals surface area contributed by atoms with Gasteiger partial charge >= 0.3 is 5.97 Å². The first-order valence-electron chi connectivity index (χ1n) is 12.9. The quantitative estimate of drug-likeness (QED) is 0.493. The molecule has 2 heterocycles. The highest BCUT2D eigenvalue weighted by Gasteiger charge is 2.51. The third kappa shape index (κ3) is 7.85. The summed E-state index contributed by atoms with van der Waals surface area (Å²) in [7, 11) is 0. The molecule has 0 aliphatic carbocycles. The Kier molecular flexibility index (Phi) is 9.51. The van der Waals surface area contributed by atoms with E-state index < -0.39 is 42.5 Å². The van der Waals surface area contributed by atoms with E-state index in [1.807, 2.05) is 81.4 Å². The zero-order valence-electron chi connectivity index (χ0n) is 22.3. The first-order chi connectivity index (χ1) is 18.2. The number of carbonyl (C=O) groups excluding carboxylic acids is 2. The van der Waals surface area contributed by atoms with Crippen molar-refractivity contribution in [3.8, 4) is 0 Å². The van der Waals surface area contributed by atoms with Crippen LogP contribution in [0.1, 0.15) is 51.5 Å². The Morgan fingerprint density at radius 2 is 1.66 bits per heavy atom. The Bertz CT molecular complexity index is 1040. The van der Waals surface area contributed by atoms with Crippen molar-refractivity contribution in [1.82, 2.24) is 5.32 Å². The lowest BCUT2D eigenvalue weighted by Crippen LogP contribution is -2.67. The van der Waals surface area contributed by atoms with E-state index in [1.54, 1.807) is 0 Å². The zero-order chi connectivity index (χ0) is 27.1. The molecular formula is C29H37NO8. The van der Waals surface area contributed by atoms with E-state index >= 15 is 0 Å². The van der Waals surface area contributed by atoms with Crippen LogP contribution < -0.4 is 5.32 Å². The van der Waals surface area contributed by atoms with Crippen molar-refractivity contribution in [2.24, 2.45) is 0 Å². The maximum absolute atomic E-state index is 12.3. The summed E-state index contributed by atoms with van der Waals surface area (Å²) in [5, 5.41) is 2.93. The average Bonchev–Trinajstić information content (AvgIpc) is 2.88. The first-order valence-corrected chi connectivity index (χ1v) is 12.9. The van der Waals surface area contributed by atoms with Crippen molar-refractivity contribution in [2.45, 2.75) is 83.3 Å². The second kappa shape index (κ2) is 12.8. The summed E-state index contributed by atoms with van der Waals surface area (Å²) >= 11 is 0. The molecule has 0 aromatic heterocycles. The number of hydrogen-bond acceptors (Lipinski definition) is 8.